The van der Waals surface area contributed by atoms with Gasteiger partial charge in [-0.3, -0.25) is 0 Å². The lowest BCUT2D eigenvalue weighted by molar-refractivity contribution is 0.397. The number of hydrogen-bond donors (Lipinski definition) is 1. The molecule has 5 heteroatoms. The van der Waals surface area contributed by atoms with Crippen LogP contribution in [0.3, 0.4) is 0 Å². The van der Waals surface area contributed by atoms with Crippen molar-refractivity contribution in [1.82, 2.24) is 9.97 Å². The van der Waals surface area contributed by atoms with Gasteiger partial charge in [-0.05, 0) is 30.8 Å². The number of nitrogens with one attached hydrogen (secondary N) is 1. The van der Waals surface area contributed by atoms with Gasteiger partial charge in [0.25, 0.3) is 0 Å². The molecule has 1 unspecified atom stereocenters. The van der Waals surface area contributed by atoms with Gasteiger partial charge in [0.05, 0.1) is 7.11 Å². The number of hydrogen-bond acceptors (Lipinski definition) is 5. The van der Waals surface area contributed by atoms with Crippen LogP contribution < -0.4 is 10.1 Å². The van der Waals surface area contributed by atoms with Gasteiger partial charge in [-0.1, -0.05) is 0 Å². The Morgan fingerprint density at radius 1 is 1.56 bits per heavy atom. The molecule has 1 aliphatic heterocycles. The van der Waals surface area contributed by atoms with Crippen LogP contribution in [0.25, 0.3) is 0 Å². The van der Waals surface area contributed by atoms with E-state index in [2.05, 4.69) is 15.3 Å². The summed E-state index contributed by atoms with van der Waals surface area (Å²) in [6.45, 7) is 2.90. The molecule has 1 saturated heterocycles. The molecule has 1 aromatic rings. The molecule has 2 rings (SSSR count). The summed E-state index contributed by atoms with van der Waals surface area (Å²) in [5.74, 6) is 4.57. The second kappa shape index (κ2) is 5.39. The van der Waals surface area contributed by atoms with Crippen molar-refractivity contribution in [1.29, 1.82) is 0 Å². The predicted molar refractivity (Wildman–Crippen MR) is 67.2 cm³/mol. The number of ether oxygens (including phenoxy) is 1. The summed E-state index contributed by atoms with van der Waals surface area (Å²) >= 11 is 2.02. The molecule has 1 aliphatic rings. The fraction of sp³-hybridized carbons (Fsp3) is 0.636. The van der Waals surface area contributed by atoms with Crippen molar-refractivity contribution in [2.24, 2.45) is 5.92 Å². The molecule has 0 bridgehead atoms. The van der Waals surface area contributed by atoms with Gasteiger partial charge in [0.15, 0.2) is 0 Å². The number of methoxy groups -OCH3 is 1. The first-order valence-electron chi connectivity index (χ1n) is 5.49. The molecule has 2 heterocycles. The number of anilines is 1. The highest BCUT2D eigenvalue weighted by molar-refractivity contribution is 7.99. The summed E-state index contributed by atoms with van der Waals surface area (Å²) in [6, 6.07) is 1.83. The number of rotatable bonds is 4. The van der Waals surface area contributed by atoms with E-state index in [1.54, 1.807) is 7.11 Å². The molecule has 88 valence electrons. The zero-order valence-corrected chi connectivity index (χ0v) is 10.5. The summed E-state index contributed by atoms with van der Waals surface area (Å²) in [4.78, 5) is 8.60. The summed E-state index contributed by atoms with van der Waals surface area (Å²) in [7, 11) is 1.62. The lowest BCUT2D eigenvalue weighted by Gasteiger charge is -2.10. The Kier molecular flexibility index (Phi) is 3.88. The monoisotopic (exact) mass is 239 g/mol. The highest BCUT2D eigenvalue weighted by Crippen LogP contribution is 2.23. The lowest BCUT2D eigenvalue weighted by atomic mass is 10.1. The fourth-order valence-electron chi connectivity index (χ4n) is 1.70. The van der Waals surface area contributed by atoms with Gasteiger partial charge in [-0.15, -0.1) is 0 Å². The van der Waals surface area contributed by atoms with Crippen molar-refractivity contribution in [3.63, 3.8) is 0 Å². The minimum Gasteiger partial charge on any atom is -0.481 e. The van der Waals surface area contributed by atoms with Crippen molar-refractivity contribution in [2.75, 3.05) is 30.5 Å². The van der Waals surface area contributed by atoms with Crippen LogP contribution in [0.1, 0.15) is 12.1 Å². The lowest BCUT2D eigenvalue weighted by Crippen LogP contribution is -2.15. The molecule has 0 radical (unpaired) electrons. The number of thioether (sulfide) groups is 1. The summed E-state index contributed by atoms with van der Waals surface area (Å²) < 4.78 is 5.11. The van der Waals surface area contributed by atoms with E-state index in [4.69, 9.17) is 4.74 Å². The average molecular weight is 239 g/mol. The standard InChI is InChI=1S/C11H17N3OS/c1-8-5-10(15-2)14-11(13-8)12-6-9-3-4-16-7-9/h5,9H,3-4,6-7H2,1-2H3,(H,12,13,14). The van der Waals surface area contributed by atoms with Gasteiger partial charge in [0.1, 0.15) is 0 Å². The molecule has 0 spiro atoms. The zero-order valence-electron chi connectivity index (χ0n) is 9.69. The molecule has 1 fully saturated rings. The molecule has 1 N–H and O–H groups in total. The van der Waals surface area contributed by atoms with E-state index in [0.717, 1.165) is 18.2 Å². The maximum Gasteiger partial charge on any atom is 0.226 e. The minimum absolute atomic E-state index is 0.621. The Labute approximate surface area is 100 Å². The van der Waals surface area contributed by atoms with Crippen LogP contribution in [0.2, 0.25) is 0 Å². The van der Waals surface area contributed by atoms with E-state index in [0.29, 0.717) is 11.8 Å². The fourth-order valence-corrected chi connectivity index (χ4v) is 2.99. The van der Waals surface area contributed by atoms with Gasteiger partial charge in [-0.2, -0.15) is 16.7 Å². The van der Waals surface area contributed by atoms with Crippen molar-refractivity contribution < 1.29 is 4.74 Å². The van der Waals surface area contributed by atoms with E-state index in [-0.39, 0.29) is 0 Å². The molecular formula is C11H17N3OS. The van der Waals surface area contributed by atoms with E-state index in [9.17, 15) is 0 Å². The SMILES string of the molecule is COc1cc(C)nc(NCC2CCSC2)n1. The van der Waals surface area contributed by atoms with E-state index < -0.39 is 0 Å². The minimum atomic E-state index is 0.621. The molecule has 0 aromatic carbocycles. The molecule has 0 saturated carbocycles. The van der Waals surface area contributed by atoms with Crippen molar-refractivity contribution >= 4 is 17.7 Å². The third-order valence-corrected chi connectivity index (χ3v) is 3.84. The van der Waals surface area contributed by atoms with Crippen LogP contribution in [0.4, 0.5) is 5.95 Å². The highest BCUT2D eigenvalue weighted by Gasteiger charge is 2.15. The van der Waals surface area contributed by atoms with Crippen LogP contribution in [-0.4, -0.2) is 35.1 Å². The van der Waals surface area contributed by atoms with Gasteiger partial charge < -0.3 is 10.1 Å². The van der Waals surface area contributed by atoms with E-state index >= 15 is 0 Å². The van der Waals surface area contributed by atoms with Crippen LogP contribution in [0, 0.1) is 12.8 Å². The van der Waals surface area contributed by atoms with Gasteiger partial charge in [-0.25, -0.2) is 4.98 Å². The van der Waals surface area contributed by atoms with Crippen molar-refractivity contribution in [2.45, 2.75) is 13.3 Å². The molecular weight excluding hydrogens is 222 g/mol. The van der Waals surface area contributed by atoms with Gasteiger partial charge in [0, 0.05) is 18.3 Å². The Hall–Kier alpha value is -0.970. The quantitative estimate of drug-likeness (QED) is 0.870. The molecule has 1 atom stereocenters. The van der Waals surface area contributed by atoms with Crippen LogP contribution in [-0.2, 0) is 0 Å². The summed E-state index contributed by atoms with van der Waals surface area (Å²) in [6.07, 6.45) is 1.29. The van der Waals surface area contributed by atoms with Gasteiger partial charge >= 0.3 is 0 Å². The predicted octanol–water partition coefficient (Wildman–Crippen LogP) is 1.96. The van der Waals surface area contributed by atoms with Crippen molar-refractivity contribution in [3.05, 3.63) is 11.8 Å². The maximum absolute atomic E-state index is 5.11. The number of aryl methyl sites for hydroxylation is 1. The van der Waals surface area contributed by atoms with Crippen LogP contribution >= 0.6 is 11.8 Å². The third-order valence-electron chi connectivity index (χ3n) is 2.61. The number of aromatic nitrogens is 2. The second-order valence-electron chi connectivity index (χ2n) is 3.99. The summed E-state index contributed by atoms with van der Waals surface area (Å²) in [5.41, 5.74) is 0.926. The molecule has 1 aromatic heterocycles. The summed E-state index contributed by atoms with van der Waals surface area (Å²) in [5, 5.41) is 3.29. The first-order valence-corrected chi connectivity index (χ1v) is 6.64. The van der Waals surface area contributed by atoms with Crippen LogP contribution in [0.5, 0.6) is 5.88 Å². The maximum atomic E-state index is 5.11. The second-order valence-corrected chi connectivity index (χ2v) is 5.14. The molecule has 4 nitrogen and oxygen atoms in total. The molecule has 16 heavy (non-hydrogen) atoms. The zero-order chi connectivity index (χ0) is 11.4. The third kappa shape index (κ3) is 3.01. The normalized spacial score (nSPS) is 19.8. The Morgan fingerprint density at radius 3 is 3.12 bits per heavy atom. The number of nitrogens with zero attached hydrogens (tertiary/aromatic N) is 2. The first-order chi connectivity index (χ1) is 7.78. The van der Waals surface area contributed by atoms with Crippen LogP contribution in [0.15, 0.2) is 6.07 Å². The first kappa shape index (κ1) is 11.5. The molecule has 0 aliphatic carbocycles. The topological polar surface area (TPSA) is 47.0 Å². The highest BCUT2D eigenvalue weighted by atomic mass is 32.2. The van der Waals surface area contributed by atoms with E-state index in [1.807, 2.05) is 24.8 Å². The largest absolute Gasteiger partial charge is 0.481 e. The molecule has 0 amide bonds. The van der Waals surface area contributed by atoms with Gasteiger partial charge in [0.2, 0.25) is 11.8 Å². The smallest absolute Gasteiger partial charge is 0.226 e. The average Bonchev–Trinajstić information content (AvgIpc) is 2.78. The van der Waals surface area contributed by atoms with E-state index in [1.165, 1.54) is 17.9 Å². The Morgan fingerprint density at radius 2 is 2.44 bits per heavy atom. The Balaban J connectivity index is 1.94. The Bertz CT molecular complexity index is 353. The van der Waals surface area contributed by atoms with Crippen molar-refractivity contribution in [3.8, 4) is 5.88 Å².